The van der Waals surface area contributed by atoms with E-state index in [2.05, 4.69) is 15.6 Å². The Kier molecular flexibility index (Phi) is 4.61. The van der Waals surface area contributed by atoms with Crippen LogP contribution >= 0.6 is 0 Å². The molecule has 3 rings (SSSR count). The zero-order valence-electron chi connectivity index (χ0n) is 13.9. The van der Waals surface area contributed by atoms with Crippen LogP contribution in [0.1, 0.15) is 11.5 Å². The molecule has 0 radical (unpaired) electrons. The number of hydrogen-bond donors (Lipinski definition) is 2. The third-order valence-electron chi connectivity index (χ3n) is 3.65. The molecule has 6 nitrogen and oxygen atoms in total. The van der Waals surface area contributed by atoms with Crippen LogP contribution in [0.2, 0.25) is 0 Å². The molecule has 126 valence electrons. The van der Waals surface area contributed by atoms with Gasteiger partial charge >= 0.3 is 11.8 Å². The molecule has 3 aromatic rings. The highest BCUT2D eigenvalue weighted by Gasteiger charge is 2.15. The van der Waals surface area contributed by atoms with Crippen molar-refractivity contribution in [2.45, 2.75) is 13.8 Å². The summed E-state index contributed by atoms with van der Waals surface area (Å²) in [4.78, 5) is 28.1. The molecular weight excluding hydrogens is 318 g/mol. The summed E-state index contributed by atoms with van der Waals surface area (Å²) in [5.74, 6) is -0.219. The molecule has 0 spiro atoms. The molecule has 0 bridgehead atoms. The van der Waals surface area contributed by atoms with Gasteiger partial charge in [-0.2, -0.15) is 0 Å². The lowest BCUT2D eigenvalue weighted by Gasteiger charge is -2.08. The Morgan fingerprint density at radius 3 is 2.24 bits per heavy atom. The fourth-order valence-corrected chi connectivity index (χ4v) is 2.29. The van der Waals surface area contributed by atoms with Gasteiger partial charge in [-0.3, -0.25) is 9.59 Å². The minimum atomic E-state index is -0.730. The van der Waals surface area contributed by atoms with E-state index in [1.165, 1.54) is 0 Å². The summed E-state index contributed by atoms with van der Waals surface area (Å²) < 4.78 is 5.44. The van der Waals surface area contributed by atoms with Crippen molar-refractivity contribution < 1.29 is 14.0 Å². The van der Waals surface area contributed by atoms with Gasteiger partial charge in [-0.25, -0.2) is 4.98 Å². The second kappa shape index (κ2) is 7.00. The average molecular weight is 335 g/mol. The van der Waals surface area contributed by atoms with Gasteiger partial charge in [0.1, 0.15) is 0 Å². The Bertz CT molecular complexity index is 914. The SMILES string of the molecule is Cc1ncc(-c2ccc(NC(=O)C(=O)Nc3ccccc3C)cc2)o1. The highest BCUT2D eigenvalue weighted by molar-refractivity contribution is 6.43. The molecular formula is C19H17N3O3. The number of carbonyl (C=O) groups excluding carboxylic acids is 2. The van der Waals surface area contributed by atoms with Crippen molar-refractivity contribution in [1.29, 1.82) is 0 Å². The second-order valence-electron chi connectivity index (χ2n) is 5.54. The molecule has 0 saturated heterocycles. The molecule has 25 heavy (non-hydrogen) atoms. The Morgan fingerprint density at radius 2 is 1.60 bits per heavy atom. The summed E-state index contributed by atoms with van der Waals surface area (Å²) in [6, 6.07) is 14.2. The third-order valence-corrected chi connectivity index (χ3v) is 3.65. The van der Waals surface area contributed by atoms with Gasteiger partial charge in [0.05, 0.1) is 6.20 Å². The normalized spacial score (nSPS) is 10.3. The number of aryl methyl sites for hydroxylation is 2. The van der Waals surface area contributed by atoms with Crippen LogP contribution in [-0.2, 0) is 9.59 Å². The van der Waals surface area contributed by atoms with Gasteiger partial charge in [-0.05, 0) is 42.8 Å². The minimum absolute atomic E-state index is 0.518. The number of nitrogens with one attached hydrogen (secondary N) is 2. The van der Waals surface area contributed by atoms with Crippen molar-refractivity contribution in [3.05, 3.63) is 66.2 Å². The maximum atomic E-state index is 12.0. The van der Waals surface area contributed by atoms with Crippen molar-refractivity contribution in [3.63, 3.8) is 0 Å². The fraction of sp³-hybridized carbons (Fsp3) is 0.105. The zero-order chi connectivity index (χ0) is 17.8. The van der Waals surface area contributed by atoms with Crippen LogP contribution in [0.4, 0.5) is 11.4 Å². The standard InChI is InChI=1S/C19H17N3O3/c1-12-5-3-4-6-16(12)22-19(24)18(23)21-15-9-7-14(8-10-15)17-11-20-13(2)25-17/h3-11H,1-2H3,(H,21,23)(H,22,24). The molecule has 6 heteroatoms. The van der Waals surface area contributed by atoms with Gasteiger partial charge in [0, 0.05) is 23.9 Å². The van der Waals surface area contributed by atoms with Crippen LogP contribution in [0, 0.1) is 13.8 Å². The predicted molar refractivity (Wildman–Crippen MR) is 95.1 cm³/mol. The van der Waals surface area contributed by atoms with Crippen LogP contribution in [-0.4, -0.2) is 16.8 Å². The van der Waals surface area contributed by atoms with E-state index in [-0.39, 0.29) is 0 Å². The Balaban J connectivity index is 1.64. The molecule has 2 amide bonds. The molecule has 1 heterocycles. The van der Waals surface area contributed by atoms with Crippen molar-refractivity contribution >= 4 is 23.2 Å². The minimum Gasteiger partial charge on any atom is -0.441 e. The lowest BCUT2D eigenvalue weighted by Crippen LogP contribution is -2.29. The highest BCUT2D eigenvalue weighted by Crippen LogP contribution is 2.22. The topological polar surface area (TPSA) is 84.2 Å². The van der Waals surface area contributed by atoms with E-state index in [0.717, 1.165) is 11.1 Å². The average Bonchev–Trinajstić information content (AvgIpc) is 3.04. The van der Waals surface area contributed by atoms with E-state index in [9.17, 15) is 9.59 Å². The van der Waals surface area contributed by atoms with Crippen LogP contribution in [0.15, 0.2) is 59.1 Å². The van der Waals surface area contributed by atoms with E-state index >= 15 is 0 Å². The first-order valence-corrected chi connectivity index (χ1v) is 7.74. The van der Waals surface area contributed by atoms with E-state index in [1.807, 2.05) is 19.1 Å². The number of para-hydroxylation sites is 1. The van der Waals surface area contributed by atoms with Gasteiger partial charge in [0.2, 0.25) is 0 Å². The quantitative estimate of drug-likeness (QED) is 0.717. The van der Waals surface area contributed by atoms with E-state index in [4.69, 9.17) is 4.42 Å². The Hall–Kier alpha value is -3.41. The summed E-state index contributed by atoms with van der Waals surface area (Å²) in [7, 11) is 0. The molecule has 0 aliphatic heterocycles. The predicted octanol–water partition coefficient (Wildman–Crippen LogP) is 3.54. The molecule has 0 unspecified atom stereocenters. The van der Waals surface area contributed by atoms with Crippen LogP contribution in [0.25, 0.3) is 11.3 Å². The number of anilines is 2. The van der Waals surface area contributed by atoms with Crippen molar-refractivity contribution in [2.24, 2.45) is 0 Å². The molecule has 0 saturated carbocycles. The maximum Gasteiger partial charge on any atom is 0.314 e. The van der Waals surface area contributed by atoms with E-state index in [1.54, 1.807) is 49.5 Å². The van der Waals surface area contributed by atoms with Crippen LogP contribution in [0.5, 0.6) is 0 Å². The zero-order valence-corrected chi connectivity index (χ0v) is 13.9. The molecule has 0 atom stereocenters. The fourth-order valence-electron chi connectivity index (χ4n) is 2.29. The lowest BCUT2D eigenvalue weighted by atomic mass is 10.1. The summed E-state index contributed by atoms with van der Waals surface area (Å²) >= 11 is 0. The van der Waals surface area contributed by atoms with Gasteiger partial charge in [-0.15, -0.1) is 0 Å². The van der Waals surface area contributed by atoms with Crippen molar-refractivity contribution in [2.75, 3.05) is 10.6 Å². The van der Waals surface area contributed by atoms with Gasteiger partial charge in [0.25, 0.3) is 0 Å². The number of nitrogens with zero attached hydrogens (tertiary/aromatic N) is 1. The van der Waals surface area contributed by atoms with Crippen LogP contribution in [0.3, 0.4) is 0 Å². The van der Waals surface area contributed by atoms with E-state index in [0.29, 0.717) is 23.0 Å². The molecule has 0 aliphatic rings. The lowest BCUT2D eigenvalue weighted by molar-refractivity contribution is -0.133. The van der Waals surface area contributed by atoms with Gasteiger partial charge in [0.15, 0.2) is 11.7 Å². The largest absolute Gasteiger partial charge is 0.441 e. The third kappa shape index (κ3) is 3.92. The first-order valence-electron chi connectivity index (χ1n) is 7.74. The number of rotatable bonds is 3. The highest BCUT2D eigenvalue weighted by atomic mass is 16.4. The smallest absolute Gasteiger partial charge is 0.314 e. The van der Waals surface area contributed by atoms with Gasteiger partial charge in [-0.1, -0.05) is 18.2 Å². The first kappa shape index (κ1) is 16.4. The number of oxazole rings is 1. The summed E-state index contributed by atoms with van der Waals surface area (Å²) in [5, 5.41) is 5.16. The molecule has 2 N–H and O–H groups in total. The molecule has 2 aromatic carbocycles. The number of amides is 2. The first-order chi connectivity index (χ1) is 12.0. The van der Waals surface area contributed by atoms with Gasteiger partial charge < -0.3 is 15.1 Å². The van der Waals surface area contributed by atoms with Crippen molar-refractivity contribution in [1.82, 2.24) is 4.98 Å². The van der Waals surface area contributed by atoms with Crippen molar-refractivity contribution in [3.8, 4) is 11.3 Å². The molecule has 0 fully saturated rings. The number of carbonyl (C=O) groups is 2. The molecule has 0 aliphatic carbocycles. The Labute approximate surface area is 144 Å². The van der Waals surface area contributed by atoms with E-state index < -0.39 is 11.8 Å². The number of hydrogen-bond acceptors (Lipinski definition) is 4. The number of aromatic nitrogens is 1. The monoisotopic (exact) mass is 335 g/mol. The summed E-state index contributed by atoms with van der Waals surface area (Å²) in [6.45, 7) is 3.63. The second-order valence-corrected chi connectivity index (χ2v) is 5.54. The number of benzene rings is 2. The molecule has 1 aromatic heterocycles. The summed E-state index contributed by atoms with van der Waals surface area (Å²) in [6.07, 6.45) is 1.64. The summed E-state index contributed by atoms with van der Waals surface area (Å²) in [5.41, 5.74) is 2.85. The van der Waals surface area contributed by atoms with Crippen LogP contribution < -0.4 is 10.6 Å². The maximum absolute atomic E-state index is 12.0. The Morgan fingerprint density at radius 1 is 0.920 bits per heavy atom.